The Labute approximate surface area is 93.8 Å². The molecule has 88 valence electrons. The molecule has 0 heterocycles. The van der Waals surface area contributed by atoms with Crippen LogP contribution in [-0.4, -0.2) is 24.0 Å². The lowest BCUT2D eigenvalue weighted by Gasteiger charge is -2.09. The van der Waals surface area contributed by atoms with E-state index in [1.54, 1.807) is 0 Å². The molecule has 1 rings (SSSR count). The molecule has 1 N–H and O–H groups in total. The van der Waals surface area contributed by atoms with Crippen molar-refractivity contribution in [2.75, 3.05) is 0 Å². The van der Waals surface area contributed by atoms with Crippen molar-refractivity contribution in [2.45, 2.75) is 6.61 Å². The van der Waals surface area contributed by atoms with E-state index in [-0.39, 0.29) is 6.29 Å². The number of halogens is 2. The molecule has 0 amide bonds. The molecule has 0 atom stereocenters. The van der Waals surface area contributed by atoms with Crippen molar-refractivity contribution in [3.05, 3.63) is 28.8 Å². The second-order valence-corrected chi connectivity index (χ2v) is 2.81. The molecule has 1 aromatic carbocycles. The summed E-state index contributed by atoms with van der Waals surface area (Å²) in [5.74, 6) is -1.97. The summed E-state index contributed by atoms with van der Waals surface area (Å²) in [4.78, 5) is 21.4. The quantitative estimate of drug-likeness (QED) is 0.810. The Balaban J connectivity index is 3.44. The van der Waals surface area contributed by atoms with Gasteiger partial charge in [-0.2, -0.15) is 14.0 Å². The second-order valence-electron chi connectivity index (χ2n) is 2.81. The van der Waals surface area contributed by atoms with Gasteiger partial charge in [-0.05, 0) is 12.1 Å². The third-order valence-corrected chi connectivity index (χ3v) is 1.88. The van der Waals surface area contributed by atoms with E-state index >= 15 is 0 Å². The van der Waals surface area contributed by atoms with Gasteiger partial charge in [0.05, 0.1) is 16.7 Å². The van der Waals surface area contributed by atoms with Crippen LogP contribution >= 0.6 is 0 Å². The summed E-state index contributed by atoms with van der Waals surface area (Å²) in [7, 11) is 0. The molecule has 0 aromatic heterocycles. The fourth-order valence-electron chi connectivity index (χ4n) is 1.21. The number of rotatable bonds is 4. The maximum Gasteiger partial charge on any atom is 0.387 e. The van der Waals surface area contributed by atoms with E-state index < -0.39 is 35.0 Å². The number of alkyl halides is 2. The molecule has 17 heavy (non-hydrogen) atoms. The maximum atomic E-state index is 12.0. The first-order valence-corrected chi connectivity index (χ1v) is 4.21. The molecule has 0 saturated carbocycles. The standard InChI is InChI=1S/C10H5F2NO4/c11-10(12)17-8-2-1-5(9(15)16)6(3-13)7(8)4-14/h1-2,4,10H,(H,15,16). The molecule has 0 aliphatic heterocycles. The number of nitrogens with zero attached hydrogens (tertiary/aromatic N) is 1. The van der Waals surface area contributed by atoms with E-state index in [1.165, 1.54) is 6.07 Å². The van der Waals surface area contributed by atoms with E-state index in [9.17, 15) is 18.4 Å². The van der Waals surface area contributed by atoms with Crippen LogP contribution in [0, 0.1) is 11.3 Å². The van der Waals surface area contributed by atoms with Crippen LogP contribution in [0.2, 0.25) is 0 Å². The fraction of sp³-hybridized carbons (Fsp3) is 0.100. The van der Waals surface area contributed by atoms with Gasteiger partial charge < -0.3 is 9.84 Å². The van der Waals surface area contributed by atoms with Crippen LogP contribution in [0.3, 0.4) is 0 Å². The van der Waals surface area contributed by atoms with Gasteiger partial charge in [0.25, 0.3) is 0 Å². The Morgan fingerprint density at radius 3 is 2.59 bits per heavy atom. The molecule has 1 aromatic rings. The number of hydrogen-bond acceptors (Lipinski definition) is 4. The number of hydrogen-bond donors (Lipinski definition) is 1. The number of aromatic carboxylic acids is 1. The van der Waals surface area contributed by atoms with E-state index in [2.05, 4.69) is 4.74 Å². The van der Waals surface area contributed by atoms with Crippen LogP contribution in [-0.2, 0) is 0 Å². The smallest absolute Gasteiger partial charge is 0.387 e. The first kappa shape index (κ1) is 12.6. The molecule has 0 fully saturated rings. The Kier molecular flexibility index (Phi) is 3.72. The van der Waals surface area contributed by atoms with Gasteiger partial charge in [-0.3, -0.25) is 4.79 Å². The van der Waals surface area contributed by atoms with Crippen molar-refractivity contribution in [2.24, 2.45) is 0 Å². The number of benzene rings is 1. The predicted octanol–water partition coefficient (Wildman–Crippen LogP) is 1.67. The van der Waals surface area contributed by atoms with Crippen molar-refractivity contribution in [1.82, 2.24) is 0 Å². The van der Waals surface area contributed by atoms with Gasteiger partial charge in [0.1, 0.15) is 11.8 Å². The summed E-state index contributed by atoms with van der Waals surface area (Å²) >= 11 is 0. The summed E-state index contributed by atoms with van der Waals surface area (Å²) in [5.41, 5.74) is -1.46. The zero-order valence-electron chi connectivity index (χ0n) is 8.18. The average molecular weight is 241 g/mol. The van der Waals surface area contributed by atoms with Gasteiger partial charge in [0.2, 0.25) is 0 Å². The van der Waals surface area contributed by atoms with Gasteiger partial charge in [-0.15, -0.1) is 0 Å². The van der Waals surface area contributed by atoms with Crippen LogP contribution < -0.4 is 4.74 Å². The first-order valence-electron chi connectivity index (χ1n) is 4.21. The molecular formula is C10H5F2NO4. The van der Waals surface area contributed by atoms with Crippen molar-refractivity contribution < 1.29 is 28.2 Å². The van der Waals surface area contributed by atoms with Crippen molar-refractivity contribution >= 4 is 12.3 Å². The number of carboxylic acids is 1. The van der Waals surface area contributed by atoms with E-state index in [0.29, 0.717) is 0 Å². The SMILES string of the molecule is N#Cc1c(C(=O)O)ccc(OC(F)F)c1C=O. The Hall–Kier alpha value is -2.49. The Bertz CT molecular complexity index is 508. The summed E-state index contributed by atoms with van der Waals surface area (Å²) in [5, 5.41) is 17.5. The lowest BCUT2D eigenvalue weighted by Crippen LogP contribution is -2.09. The van der Waals surface area contributed by atoms with E-state index in [0.717, 1.165) is 12.1 Å². The minimum Gasteiger partial charge on any atom is -0.478 e. The van der Waals surface area contributed by atoms with Crippen LogP contribution in [0.25, 0.3) is 0 Å². The highest BCUT2D eigenvalue weighted by Gasteiger charge is 2.19. The molecule has 7 heteroatoms. The van der Waals surface area contributed by atoms with Crippen LogP contribution in [0.1, 0.15) is 26.3 Å². The third-order valence-electron chi connectivity index (χ3n) is 1.88. The molecule has 0 saturated heterocycles. The maximum absolute atomic E-state index is 12.0. The van der Waals surface area contributed by atoms with Gasteiger partial charge >= 0.3 is 12.6 Å². The van der Waals surface area contributed by atoms with Crippen LogP contribution in [0.4, 0.5) is 8.78 Å². The molecule has 0 aliphatic rings. The molecule has 0 unspecified atom stereocenters. The number of carboxylic acid groups (broad SMARTS) is 1. The molecule has 0 radical (unpaired) electrons. The van der Waals surface area contributed by atoms with Crippen molar-refractivity contribution in [1.29, 1.82) is 5.26 Å². The highest BCUT2D eigenvalue weighted by molar-refractivity contribution is 5.96. The number of ether oxygens (including phenoxy) is 1. The summed E-state index contributed by atoms with van der Waals surface area (Å²) < 4.78 is 28.0. The zero-order chi connectivity index (χ0) is 13.0. The number of carbonyl (C=O) groups is 2. The topological polar surface area (TPSA) is 87.4 Å². The summed E-state index contributed by atoms with van der Waals surface area (Å²) in [6, 6.07) is 3.30. The molecular weight excluding hydrogens is 236 g/mol. The summed E-state index contributed by atoms with van der Waals surface area (Å²) in [6.07, 6.45) is 0.0999. The number of nitriles is 1. The van der Waals surface area contributed by atoms with Crippen LogP contribution in [0.5, 0.6) is 5.75 Å². The van der Waals surface area contributed by atoms with Crippen molar-refractivity contribution in [3.63, 3.8) is 0 Å². The number of aldehydes is 1. The van der Waals surface area contributed by atoms with Gasteiger partial charge in [0.15, 0.2) is 6.29 Å². The van der Waals surface area contributed by atoms with E-state index in [1.807, 2.05) is 0 Å². The molecule has 0 bridgehead atoms. The Morgan fingerprint density at radius 2 is 2.18 bits per heavy atom. The summed E-state index contributed by atoms with van der Waals surface area (Å²) in [6.45, 7) is -3.17. The minimum absolute atomic E-state index is 0.0999. The van der Waals surface area contributed by atoms with E-state index in [4.69, 9.17) is 10.4 Å². The van der Waals surface area contributed by atoms with Gasteiger partial charge in [-0.1, -0.05) is 0 Å². The monoisotopic (exact) mass is 241 g/mol. The molecule has 0 aliphatic carbocycles. The molecule has 5 nitrogen and oxygen atoms in total. The molecule has 0 spiro atoms. The second kappa shape index (κ2) is 5.03. The highest BCUT2D eigenvalue weighted by Crippen LogP contribution is 2.25. The minimum atomic E-state index is -3.17. The van der Waals surface area contributed by atoms with Gasteiger partial charge in [0, 0.05) is 0 Å². The predicted molar refractivity (Wildman–Crippen MR) is 50.1 cm³/mol. The lowest BCUT2D eigenvalue weighted by molar-refractivity contribution is -0.0500. The average Bonchev–Trinajstić information content (AvgIpc) is 2.26. The van der Waals surface area contributed by atoms with Gasteiger partial charge in [-0.25, -0.2) is 4.79 Å². The zero-order valence-corrected chi connectivity index (χ0v) is 8.18. The van der Waals surface area contributed by atoms with Crippen molar-refractivity contribution in [3.8, 4) is 11.8 Å². The third kappa shape index (κ3) is 2.55. The highest BCUT2D eigenvalue weighted by atomic mass is 19.3. The fourth-order valence-corrected chi connectivity index (χ4v) is 1.21. The van der Waals surface area contributed by atoms with Crippen LogP contribution in [0.15, 0.2) is 12.1 Å². The number of carbonyl (C=O) groups excluding carboxylic acids is 1. The first-order chi connectivity index (χ1) is 8.01. The Morgan fingerprint density at radius 1 is 1.53 bits per heavy atom. The normalized spacial score (nSPS) is 9.76. The lowest BCUT2D eigenvalue weighted by atomic mass is 10.0. The largest absolute Gasteiger partial charge is 0.478 e.